The average Bonchev–Trinajstić information content (AvgIpc) is 2.73. The van der Waals surface area contributed by atoms with Crippen molar-refractivity contribution in [3.8, 4) is 5.75 Å². The number of hydrogen-bond donors (Lipinski definition) is 1. The summed E-state index contributed by atoms with van der Waals surface area (Å²) in [6.07, 6.45) is 2.34. The summed E-state index contributed by atoms with van der Waals surface area (Å²) in [4.78, 5) is 14.6. The first-order chi connectivity index (χ1) is 14.4. The van der Waals surface area contributed by atoms with Gasteiger partial charge in [-0.15, -0.1) is 0 Å². The molecule has 0 atom stereocenters. The predicted molar refractivity (Wildman–Crippen MR) is 117 cm³/mol. The summed E-state index contributed by atoms with van der Waals surface area (Å²) in [7, 11) is -3.52. The second-order valence-corrected chi connectivity index (χ2v) is 9.48. The number of ether oxygens (including phenoxy) is 1. The van der Waals surface area contributed by atoms with Crippen LogP contribution in [0.15, 0.2) is 53.4 Å². The number of carbonyl (C=O) groups is 1. The van der Waals surface area contributed by atoms with E-state index in [0.29, 0.717) is 45.4 Å². The van der Waals surface area contributed by atoms with Gasteiger partial charge in [-0.05, 0) is 56.4 Å². The number of nitrogens with one attached hydrogen (secondary N) is 1. The zero-order valence-electron chi connectivity index (χ0n) is 17.6. The van der Waals surface area contributed by atoms with Gasteiger partial charge in [0.1, 0.15) is 5.75 Å². The minimum Gasteiger partial charge on any atom is -0.493 e. The Morgan fingerprint density at radius 2 is 1.67 bits per heavy atom. The SMILES string of the molecule is Cc1cccc(C)c1OCCCC(=O)N1CCC(NS(=O)(=O)c2ccccc2)CC1. The van der Waals surface area contributed by atoms with Crippen LogP contribution in [0.2, 0.25) is 0 Å². The maximum atomic E-state index is 12.5. The molecule has 6 nitrogen and oxygen atoms in total. The highest BCUT2D eigenvalue weighted by atomic mass is 32.2. The van der Waals surface area contributed by atoms with Gasteiger partial charge in [-0.2, -0.15) is 0 Å². The number of benzene rings is 2. The number of para-hydroxylation sites is 1. The van der Waals surface area contributed by atoms with Crippen LogP contribution in [0, 0.1) is 13.8 Å². The van der Waals surface area contributed by atoms with Crippen LogP contribution >= 0.6 is 0 Å². The standard InChI is InChI=1S/C23H30N2O4S/c1-18-8-6-9-19(2)23(18)29-17-7-12-22(26)25-15-13-20(14-16-25)24-30(27,28)21-10-4-3-5-11-21/h3-6,8-11,20,24H,7,12-17H2,1-2H3. The fourth-order valence-corrected chi connectivity index (χ4v) is 5.04. The summed E-state index contributed by atoms with van der Waals surface area (Å²) in [5.74, 6) is 1.00. The lowest BCUT2D eigenvalue weighted by molar-refractivity contribution is -0.132. The summed E-state index contributed by atoms with van der Waals surface area (Å²) >= 11 is 0. The maximum absolute atomic E-state index is 12.5. The summed E-state index contributed by atoms with van der Waals surface area (Å²) in [5, 5.41) is 0. The zero-order valence-corrected chi connectivity index (χ0v) is 18.5. The normalized spacial score (nSPS) is 15.2. The minimum absolute atomic E-state index is 0.101. The third-order valence-electron chi connectivity index (χ3n) is 5.41. The van der Waals surface area contributed by atoms with Crippen molar-refractivity contribution in [1.29, 1.82) is 0 Å². The molecule has 0 aliphatic carbocycles. The molecule has 1 aliphatic heterocycles. The third-order valence-corrected chi connectivity index (χ3v) is 6.95. The van der Waals surface area contributed by atoms with E-state index in [9.17, 15) is 13.2 Å². The largest absolute Gasteiger partial charge is 0.493 e. The van der Waals surface area contributed by atoms with Crippen molar-refractivity contribution in [2.24, 2.45) is 0 Å². The molecule has 0 unspecified atom stereocenters. The molecule has 30 heavy (non-hydrogen) atoms. The Hall–Kier alpha value is -2.38. The number of sulfonamides is 1. The highest BCUT2D eigenvalue weighted by Crippen LogP contribution is 2.22. The van der Waals surface area contributed by atoms with Gasteiger partial charge in [-0.25, -0.2) is 13.1 Å². The molecule has 0 saturated carbocycles. The van der Waals surface area contributed by atoms with Crippen molar-refractivity contribution in [2.75, 3.05) is 19.7 Å². The topological polar surface area (TPSA) is 75.7 Å². The van der Waals surface area contributed by atoms with Gasteiger partial charge in [0.05, 0.1) is 11.5 Å². The van der Waals surface area contributed by atoms with Gasteiger partial charge in [0.2, 0.25) is 15.9 Å². The van der Waals surface area contributed by atoms with E-state index in [1.807, 2.05) is 36.9 Å². The number of likely N-dealkylation sites (tertiary alicyclic amines) is 1. The molecule has 0 bridgehead atoms. The summed E-state index contributed by atoms with van der Waals surface area (Å²) in [6.45, 7) is 5.68. The molecule has 1 aliphatic rings. The Balaban J connectivity index is 1.40. The highest BCUT2D eigenvalue weighted by molar-refractivity contribution is 7.89. The molecular formula is C23H30N2O4S. The fraction of sp³-hybridized carbons (Fsp3) is 0.435. The molecule has 1 N–H and O–H groups in total. The van der Waals surface area contributed by atoms with Crippen molar-refractivity contribution >= 4 is 15.9 Å². The van der Waals surface area contributed by atoms with Crippen molar-refractivity contribution in [1.82, 2.24) is 9.62 Å². The molecule has 1 fully saturated rings. The first kappa shape index (κ1) is 22.3. The quantitative estimate of drug-likeness (QED) is 0.651. The first-order valence-corrected chi connectivity index (χ1v) is 11.9. The van der Waals surface area contributed by atoms with E-state index in [1.54, 1.807) is 30.3 Å². The van der Waals surface area contributed by atoms with Gasteiger partial charge < -0.3 is 9.64 Å². The van der Waals surface area contributed by atoms with Gasteiger partial charge in [-0.1, -0.05) is 36.4 Å². The van der Waals surface area contributed by atoms with E-state index < -0.39 is 10.0 Å². The van der Waals surface area contributed by atoms with Crippen LogP contribution in [-0.2, 0) is 14.8 Å². The summed E-state index contributed by atoms with van der Waals surface area (Å²) in [5.41, 5.74) is 2.20. The number of nitrogens with zero attached hydrogens (tertiary/aromatic N) is 1. The maximum Gasteiger partial charge on any atom is 0.240 e. The van der Waals surface area contributed by atoms with Crippen LogP contribution in [0.3, 0.4) is 0 Å². The molecule has 2 aromatic rings. The number of piperidine rings is 1. The number of carbonyl (C=O) groups excluding carboxylic acids is 1. The van der Waals surface area contributed by atoms with Crippen molar-refractivity contribution in [3.63, 3.8) is 0 Å². The van der Waals surface area contributed by atoms with Crippen LogP contribution in [0.25, 0.3) is 0 Å². The van der Waals surface area contributed by atoms with Gasteiger partial charge >= 0.3 is 0 Å². The fourth-order valence-electron chi connectivity index (χ4n) is 3.72. The lowest BCUT2D eigenvalue weighted by atomic mass is 10.1. The zero-order chi connectivity index (χ0) is 21.6. The molecule has 0 aromatic heterocycles. The lowest BCUT2D eigenvalue weighted by Crippen LogP contribution is -2.46. The molecule has 1 saturated heterocycles. The monoisotopic (exact) mass is 430 g/mol. The molecule has 0 radical (unpaired) electrons. The predicted octanol–water partition coefficient (Wildman–Crippen LogP) is 3.43. The van der Waals surface area contributed by atoms with E-state index in [0.717, 1.165) is 16.9 Å². The Morgan fingerprint density at radius 3 is 2.30 bits per heavy atom. The Labute approximate surface area is 179 Å². The smallest absolute Gasteiger partial charge is 0.240 e. The second-order valence-electron chi connectivity index (χ2n) is 7.76. The number of amides is 1. The van der Waals surface area contributed by atoms with Crippen molar-refractivity contribution in [2.45, 2.75) is 50.5 Å². The molecule has 3 rings (SSSR count). The first-order valence-electron chi connectivity index (χ1n) is 10.4. The Kier molecular flexibility index (Phi) is 7.50. The van der Waals surface area contributed by atoms with Crippen molar-refractivity contribution < 1.29 is 17.9 Å². The van der Waals surface area contributed by atoms with E-state index >= 15 is 0 Å². The lowest BCUT2D eigenvalue weighted by Gasteiger charge is -2.32. The van der Waals surface area contributed by atoms with E-state index in [-0.39, 0.29) is 16.8 Å². The number of aryl methyl sites for hydroxylation is 2. The van der Waals surface area contributed by atoms with Crippen LogP contribution in [0.4, 0.5) is 0 Å². The van der Waals surface area contributed by atoms with E-state index in [4.69, 9.17) is 4.74 Å². The van der Waals surface area contributed by atoms with Gasteiger partial charge in [0.25, 0.3) is 0 Å². The van der Waals surface area contributed by atoms with Crippen LogP contribution in [-0.4, -0.2) is 45.0 Å². The van der Waals surface area contributed by atoms with Gasteiger partial charge in [0.15, 0.2) is 0 Å². The van der Waals surface area contributed by atoms with E-state index in [2.05, 4.69) is 4.72 Å². The molecule has 0 spiro atoms. The Bertz CT molecular complexity index is 932. The number of hydrogen-bond acceptors (Lipinski definition) is 4. The highest BCUT2D eigenvalue weighted by Gasteiger charge is 2.26. The van der Waals surface area contributed by atoms with Gasteiger partial charge in [0, 0.05) is 25.6 Å². The molecular weight excluding hydrogens is 400 g/mol. The average molecular weight is 431 g/mol. The van der Waals surface area contributed by atoms with E-state index in [1.165, 1.54) is 0 Å². The molecule has 1 heterocycles. The number of rotatable bonds is 8. The van der Waals surface area contributed by atoms with Crippen LogP contribution < -0.4 is 9.46 Å². The van der Waals surface area contributed by atoms with Crippen molar-refractivity contribution in [3.05, 3.63) is 59.7 Å². The Morgan fingerprint density at radius 1 is 1.03 bits per heavy atom. The summed E-state index contributed by atoms with van der Waals surface area (Å²) in [6, 6.07) is 14.3. The summed E-state index contributed by atoms with van der Waals surface area (Å²) < 4.78 is 33.5. The third kappa shape index (κ3) is 5.83. The van der Waals surface area contributed by atoms with Crippen LogP contribution in [0.5, 0.6) is 5.75 Å². The molecule has 2 aromatic carbocycles. The second kappa shape index (κ2) is 10.1. The van der Waals surface area contributed by atoms with Crippen LogP contribution in [0.1, 0.15) is 36.8 Å². The minimum atomic E-state index is -3.52. The molecule has 1 amide bonds. The molecule has 162 valence electrons. The van der Waals surface area contributed by atoms with Gasteiger partial charge in [-0.3, -0.25) is 4.79 Å². The molecule has 7 heteroatoms.